The van der Waals surface area contributed by atoms with Gasteiger partial charge < -0.3 is 10.0 Å². The van der Waals surface area contributed by atoms with Gasteiger partial charge in [-0.05, 0) is 0 Å². The fourth-order valence-electron chi connectivity index (χ4n) is 2.80. The Labute approximate surface area is 136 Å². The lowest BCUT2D eigenvalue weighted by atomic mass is 10.1. The van der Waals surface area contributed by atoms with Gasteiger partial charge in [0.15, 0.2) is 0 Å². The first-order valence-corrected chi connectivity index (χ1v) is 7.72. The summed E-state index contributed by atoms with van der Waals surface area (Å²) in [5.74, 6) is 0. The molecule has 1 heterocycles. The van der Waals surface area contributed by atoms with E-state index in [1.165, 1.54) is 0 Å². The third-order valence-electron chi connectivity index (χ3n) is 3.78. The zero-order valence-electron chi connectivity index (χ0n) is 13.5. The molecule has 1 N–H and O–H groups in total. The van der Waals surface area contributed by atoms with Gasteiger partial charge in [-0.3, -0.25) is 4.68 Å². The number of hydrogen-bond donors (Lipinski definition) is 1. The molecular formula is C19H21N3O. The van der Waals surface area contributed by atoms with Gasteiger partial charge in [0, 0.05) is 25.2 Å². The van der Waals surface area contributed by atoms with Crippen molar-refractivity contribution in [3.8, 4) is 22.5 Å². The molecule has 118 valence electrons. The minimum Gasteiger partial charge on any atom is -0.394 e. The SMILES string of the molecule is CN(C)c1c(-c2ccccc2)nn(CCO)c1-c1ccccc1. The second kappa shape index (κ2) is 6.67. The summed E-state index contributed by atoms with van der Waals surface area (Å²) in [4.78, 5) is 2.09. The van der Waals surface area contributed by atoms with Crippen LogP contribution >= 0.6 is 0 Å². The zero-order chi connectivity index (χ0) is 16.2. The van der Waals surface area contributed by atoms with Crippen molar-refractivity contribution in [3.63, 3.8) is 0 Å². The van der Waals surface area contributed by atoms with E-state index in [1.807, 2.05) is 55.2 Å². The average molecular weight is 307 g/mol. The van der Waals surface area contributed by atoms with Gasteiger partial charge in [0.05, 0.1) is 24.5 Å². The highest BCUT2D eigenvalue weighted by Crippen LogP contribution is 2.38. The Bertz CT molecular complexity index is 764. The summed E-state index contributed by atoms with van der Waals surface area (Å²) in [5, 5.41) is 14.2. The third-order valence-corrected chi connectivity index (χ3v) is 3.78. The fourth-order valence-corrected chi connectivity index (χ4v) is 2.80. The summed E-state index contributed by atoms with van der Waals surface area (Å²) < 4.78 is 1.90. The van der Waals surface area contributed by atoms with E-state index >= 15 is 0 Å². The number of hydrogen-bond acceptors (Lipinski definition) is 3. The minimum absolute atomic E-state index is 0.0581. The highest BCUT2D eigenvalue weighted by atomic mass is 16.3. The number of anilines is 1. The zero-order valence-corrected chi connectivity index (χ0v) is 13.5. The van der Waals surface area contributed by atoms with Gasteiger partial charge in [0.2, 0.25) is 0 Å². The Balaban J connectivity index is 2.26. The lowest BCUT2D eigenvalue weighted by Gasteiger charge is -2.16. The van der Waals surface area contributed by atoms with Gasteiger partial charge in [-0.2, -0.15) is 5.10 Å². The van der Waals surface area contributed by atoms with Crippen LogP contribution < -0.4 is 4.90 Å². The monoisotopic (exact) mass is 307 g/mol. The van der Waals surface area contributed by atoms with Crippen molar-refractivity contribution in [2.45, 2.75) is 6.54 Å². The maximum Gasteiger partial charge on any atom is 0.116 e. The molecule has 0 unspecified atom stereocenters. The third kappa shape index (κ3) is 2.98. The summed E-state index contributed by atoms with van der Waals surface area (Å²) >= 11 is 0. The van der Waals surface area contributed by atoms with Crippen molar-refractivity contribution >= 4 is 5.69 Å². The maximum atomic E-state index is 9.43. The molecule has 0 fully saturated rings. The van der Waals surface area contributed by atoms with Gasteiger partial charge in [0.1, 0.15) is 5.69 Å². The predicted molar refractivity (Wildman–Crippen MR) is 94.5 cm³/mol. The van der Waals surface area contributed by atoms with Crippen LogP contribution in [0.5, 0.6) is 0 Å². The first-order valence-electron chi connectivity index (χ1n) is 7.72. The van der Waals surface area contributed by atoms with Crippen LogP contribution in [0.2, 0.25) is 0 Å². The molecule has 3 rings (SSSR count). The second-order valence-electron chi connectivity index (χ2n) is 5.62. The minimum atomic E-state index is 0.0581. The lowest BCUT2D eigenvalue weighted by Crippen LogP contribution is -2.11. The topological polar surface area (TPSA) is 41.3 Å². The first kappa shape index (κ1) is 15.3. The average Bonchev–Trinajstić information content (AvgIpc) is 2.96. The largest absolute Gasteiger partial charge is 0.394 e. The summed E-state index contributed by atoms with van der Waals surface area (Å²) in [7, 11) is 4.05. The lowest BCUT2D eigenvalue weighted by molar-refractivity contribution is 0.270. The molecule has 0 bridgehead atoms. The fraction of sp³-hybridized carbons (Fsp3) is 0.211. The van der Waals surface area contributed by atoms with Crippen molar-refractivity contribution in [1.29, 1.82) is 0 Å². The molecule has 0 atom stereocenters. The normalized spacial score (nSPS) is 10.7. The molecule has 0 saturated carbocycles. The van der Waals surface area contributed by atoms with Crippen LogP contribution in [-0.2, 0) is 6.54 Å². The van der Waals surface area contributed by atoms with Crippen molar-refractivity contribution < 1.29 is 5.11 Å². The molecule has 4 nitrogen and oxygen atoms in total. The number of aromatic nitrogens is 2. The molecule has 0 amide bonds. The number of aliphatic hydroxyl groups excluding tert-OH is 1. The number of benzene rings is 2. The molecule has 0 radical (unpaired) electrons. The highest BCUT2D eigenvalue weighted by Gasteiger charge is 2.21. The van der Waals surface area contributed by atoms with E-state index in [9.17, 15) is 5.11 Å². The molecule has 0 aliphatic carbocycles. The van der Waals surface area contributed by atoms with E-state index in [0.717, 1.165) is 28.2 Å². The Morgan fingerprint density at radius 1 is 0.913 bits per heavy atom. The molecule has 4 heteroatoms. The molecule has 23 heavy (non-hydrogen) atoms. The van der Waals surface area contributed by atoms with Crippen molar-refractivity contribution in [1.82, 2.24) is 9.78 Å². The number of aliphatic hydroxyl groups is 1. The maximum absolute atomic E-state index is 9.43. The van der Waals surface area contributed by atoms with Crippen molar-refractivity contribution in [2.75, 3.05) is 25.6 Å². The smallest absolute Gasteiger partial charge is 0.116 e. The summed E-state index contributed by atoms with van der Waals surface area (Å²) in [6.45, 7) is 0.528. The van der Waals surface area contributed by atoms with Crippen LogP contribution in [0.15, 0.2) is 60.7 Å². The van der Waals surface area contributed by atoms with Crippen LogP contribution in [0.4, 0.5) is 5.69 Å². The molecule has 0 spiro atoms. The molecule has 3 aromatic rings. The molecule has 1 aromatic heterocycles. The van der Waals surface area contributed by atoms with E-state index < -0.39 is 0 Å². The van der Waals surface area contributed by atoms with E-state index in [4.69, 9.17) is 5.10 Å². The van der Waals surface area contributed by atoms with E-state index in [0.29, 0.717) is 6.54 Å². The van der Waals surface area contributed by atoms with Crippen molar-refractivity contribution in [2.24, 2.45) is 0 Å². The summed E-state index contributed by atoms with van der Waals surface area (Å²) in [6, 6.07) is 20.4. The predicted octanol–water partition coefficient (Wildman–Crippen LogP) is 3.28. The van der Waals surface area contributed by atoms with Crippen LogP contribution in [0.1, 0.15) is 0 Å². The summed E-state index contributed by atoms with van der Waals surface area (Å²) in [6.07, 6.45) is 0. The Morgan fingerprint density at radius 2 is 1.48 bits per heavy atom. The quantitative estimate of drug-likeness (QED) is 0.786. The molecule has 0 aliphatic heterocycles. The number of nitrogens with zero attached hydrogens (tertiary/aromatic N) is 3. The van der Waals surface area contributed by atoms with Crippen LogP contribution in [0.25, 0.3) is 22.5 Å². The highest BCUT2D eigenvalue weighted by molar-refractivity contribution is 5.87. The van der Waals surface area contributed by atoms with Gasteiger partial charge in [-0.15, -0.1) is 0 Å². The summed E-state index contributed by atoms with van der Waals surface area (Å²) in [5.41, 5.74) is 5.20. The van der Waals surface area contributed by atoms with E-state index in [-0.39, 0.29) is 6.61 Å². The van der Waals surface area contributed by atoms with Gasteiger partial charge >= 0.3 is 0 Å². The molecular weight excluding hydrogens is 286 g/mol. The number of rotatable bonds is 5. The Morgan fingerprint density at radius 3 is 2.00 bits per heavy atom. The van der Waals surface area contributed by atoms with Crippen LogP contribution in [0, 0.1) is 0 Å². The van der Waals surface area contributed by atoms with Gasteiger partial charge in [-0.1, -0.05) is 60.7 Å². The first-order chi connectivity index (χ1) is 11.2. The standard InChI is InChI=1S/C19H21N3O/c1-21(2)19-17(15-9-5-3-6-10-15)20-22(13-14-23)18(19)16-11-7-4-8-12-16/h3-12,23H,13-14H2,1-2H3. The molecule has 2 aromatic carbocycles. The Hall–Kier alpha value is -2.59. The van der Waals surface area contributed by atoms with Crippen molar-refractivity contribution in [3.05, 3.63) is 60.7 Å². The van der Waals surface area contributed by atoms with Crippen LogP contribution in [-0.4, -0.2) is 35.6 Å². The van der Waals surface area contributed by atoms with Crippen LogP contribution in [0.3, 0.4) is 0 Å². The molecule has 0 saturated heterocycles. The Kier molecular flexibility index (Phi) is 4.44. The van der Waals surface area contributed by atoms with Gasteiger partial charge in [0.25, 0.3) is 0 Å². The van der Waals surface area contributed by atoms with E-state index in [2.05, 4.69) is 29.2 Å². The van der Waals surface area contributed by atoms with E-state index in [1.54, 1.807) is 0 Å². The molecule has 0 aliphatic rings. The second-order valence-corrected chi connectivity index (χ2v) is 5.62. The van der Waals surface area contributed by atoms with Gasteiger partial charge in [-0.25, -0.2) is 0 Å².